The van der Waals surface area contributed by atoms with E-state index in [1.54, 1.807) is 0 Å². The number of hydrogen-bond donors (Lipinski definition) is 2. The van der Waals surface area contributed by atoms with Crippen LogP contribution in [0.2, 0.25) is 0 Å². The summed E-state index contributed by atoms with van der Waals surface area (Å²) in [6.45, 7) is 2.64. The van der Waals surface area contributed by atoms with E-state index in [9.17, 15) is 4.79 Å². The Balaban J connectivity index is 1.56. The highest BCUT2D eigenvalue weighted by molar-refractivity contribution is 7.80. The van der Waals surface area contributed by atoms with Crippen molar-refractivity contribution in [3.8, 4) is 0 Å². The van der Waals surface area contributed by atoms with Gasteiger partial charge in [0.2, 0.25) is 0 Å². The van der Waals surface area contributed by atoms with E-state index < -0.39 is 0 Å². The van der Waals surface area contributed by atoms with Crippen molar-refractivity contribution < 1.29 is 4.79 Å². The van der Waals surface area contributed by atoms with Crippen LogP contribution in [0.25, 0.3) is 0 Å². The largest absolute Gasteiger partial charge is 0.358 e. The summed E-state index contributed by atoms with van der Waals surface area (Å²) in [6.07, 6.45) is 1.87. The number of nitrogens with zero attached hydrogens (tertiary/aromatic N) is 1. The molecule has 2 N–H and O–H groups in total. The Kier molecular flexibility index (Phi) is 6.36. The van der Waals surface area contributed by atoms with E-state index in [1.165, 1.54) is 5.56 Å². The summed E-state index contributed by atoms with van der Waals surface area (Å²) in [7, 11) is 2.11. The molecule has 0 saturated carbocycles. The van der Waals surface area contributed by atoms with Gasteiger partial charge in [-0.1, -0.05) is 42.5 Å². The fourth-order valence-electron chi connectivity index (χ4n) is 3.21. The van der Waals surface area contributed by atoms with Gasteiger partial charge in [-0.2, -0.15) is 0 Å². The van der Waals surface area contributed by atoms with Gasteiger partial charge in [-0.3, -0.25) is 4.79 Å². The number of rotatable bonds is 5. The van der Waals surface area contributed by atoms with Crippen molar-refractivity contribution in [3.63, 3.8) is 0 Å². The van der Waals surface area contributed by atoms with Crippen molar-refractivity contribution in [3.05, 3.63) is 65.7 Å². The lowest BCUT2D eigenvalue weighted by atomic mass is 9.89. The Hall–Kier alpha value is -2.24. The van der Waals surface area contributed by atoms with E-state index in [0.717, 1.165) is 37.2 Å². The van der Waals surface area contributed by atoms with Crippen molar-refractivity contribution in [2.24, 2.45) is 5.92 Å². The van der Waals surface area contributed by atoms with E-state index in [0.29, 0.717) is 11.7 Å². The van der Waals surface area contributed by atoms with E-state index in [-0.39, 0.29) is 11.7 Å². The fourth-order valence-corrected chi connectivity index (χ4v) is 3.40. The zero-order chi connectivity index (χ0) is 18.4. The number of carbonyl (C=O) groups is 1. The summed E-state index contributed by atoms with van der Waals surface area (Å²) >= 11 is 5.37. The third-order valence-corrected chi connectivity index (χ3v) is 5.04. The number of ketones is 1. The van der Waals surface area contributed by atoms with Gasteiger partial charge >= 0.3 is 0 Å². The average molecular weight is 368 g/mol. The van der Waals surface area contributed by atoms with E-state index in [4.69, 9.17) is 12.2 Å². The molecule has 0 aliphatic carbocycles. The molecule has 0 bridgehead atoms. The van der Waals surface area contributed by atoms with Gasteiger partial charge in [0.25, 0.3) is 0 Å². The zero-order valence-electron chi connectivity index (χ0n) is 15.1. The number of nitrogens with one attached hydrogen (secondary N) is 2. The maximum atomic E-state index is 12.8. The van der Waals surface area contributed by atoms with Crippen molar-refractivity contribution in [1.29, 1.82) is 0 Å². The predicted molar refractivity (Wildman–Crippen MR) is 110 cm³/mol. The van der Waals surface area contributed by atoms with Gasteiger partial charge in [0, 0.05) is 23.7 Å². The monoisotopic (exact) mass is 367 g/mol. The maximum absolute atomic E-state index is 12.8. The number of hydrogen-bond acceptors (Lipinski definition) is 3. The molecule has 136 valence electrons. The molecule has 2 aromatic rings. The SMILES string of the molecule is CN1CCC(C(=O)c2cccc(NC(=S)NCc3ccccc3)c2)CC1. The minimum Gasteiger partial charge on any atom is -0.358 e. The summed E-state index contributed by atoms with van der Waals surface area (Å²) in [6, 6.07) is 17.7. The van der Waals surface area contributed by atoms with Crippen molar-refractivity contribution in [1.82, 2.24) is 10.2 Å². The molecule has 0 radical (unpaired) electrons. The molecule has 1 saturated heterocycles. The van der Waals surface area contributed by atoms with E-state index in [1.807, 2.05) is 42.5 Å². The molecule has 0 aromatic heterocycles. The number of benzene rings is 2. The molecule has 4 nitrogen and oxygen atoms in total. The van der Waals surface area contributed by atoms with Gasteiger partial charge in [0.05, 0.1) is 0 Å². The predicted octanol–water partition coefficient (Wildman–Crippen LogP) is 3.70. The second kappa shape index (κ2) is 8.92. The van der Waals surface area contributed by atoms with Gasteiger partial charge in [-0.05, 0) is 62.9 Å². The topological polar surface area (TPSA) is 44.4 Å². The van der Waals surface area contributed by atoms with Gasteiger partial charge in [-0.15, -0.1) is 0 Å². The second-order valence-electron chi connectivity index (χ2n) is 6.82. The van der Waals surface area contributed by atoms with Crippen LogP contribution in [-0.4, -0.2) is 35.9 Å². The summed E-state index contributed by atoms with van der Waals surface area (Å²) in [5, 5.41) is 6.92. The standard InChI is InChI=1S/C21H25N3OS/c1-24-12-10-17(11-13-24)20(25)18-8-5-9-19(14-18)23-21(26)22-15-16-6-3-2-4-7-16/h2-9,14,17H,10-13,15H2,1H3,(H2,22,23,26). The first kappa shape index (κ1) is 18.5. The molecule has 0 spiro atoms. The maximum Gasteiger partial charge on any atom is 0.171 e. The highest BCUT2D eigenvalue weighted by atomic mass is 32.1. The van der Waals surface area contributed by atoms with Gasteiger partial charge in [0.1, 0.15) is 0 Å². The smallest absolute Gasteiger partial charge is 0.171 e. The minimum absolute atomic E-state index is 0.129. The Labute approximate surface area is 160 Å². The fraction of sp³-hybridized carbons (Fsp3) is 0.333. The quantitative estimate of drug-likeness (QED) is 0.623. The molecule has 0 unspecified atom stereocenters. The Bertz CT molecular complexity index is 755. The van der Waals surface area contributed by atoms with Gasteiger partial charge < -0.3 is 15.5 Å². The lowest BCUT2D eigenvalue weighted by Gasteiger charge is -2.28. The molecule has 3 rings (SSSR count). The summed E-state index contributed by atoms with van der Waals surface area (Å²) in [4.78, 5) is 15.0. The molecule has 0 amide bonds. The van der Waals surface area contributed by atoms with Crippen LogP contribution in [-0.2, 0) is 6.54 Å². The number of carbonyl (C=O) groups excluding carboxylic acids is 1. The van der Waals surface area contributed by atoms with Crippen molar-refractivity contribution in [2.75, 3.05) is 25.5 Å². The zero-order valence-corrected chi connectivity index (χ0v) is 15.9. The number of piperidine rings is 1. The molecule has 1 aliphatic rings. The van der Waals surface area contributed by atoms with Crippen LogP contribution in [0.1, 0.15) is 28.8 Å². The van der Waals surface area contributed by atoms with Crippen molar-refractivity contribution in [2.45, 2.75) is 19.4 Å². The minimum atomic E-state index is 0.129. The number of anilines is 1. The number of Topliss-reactive ketones (excluding diaryl/α,β-unsaturated/α-hetero) is 1. The number of likely N-dealkylation sites (tertiary alicyclic amines) is 1. The first-order chi connectivity index (χ1) is 12.6. The normalized spacial score (nSPS) is 15.4. The molecular formula is C21H25N3OS. The molecule has 1 fully saturated rings. The second-order valence-corrected chi connectivity index (χ2v) is 7.22. The summed E-state index contributed by atoms with van der Waals surface area (Å²) in [5.41, 5.74) is 2.77. The third kappa shape index (κ3) is 5.13. The van der Waals surface area contributed by atoms with Crippen LogP contribution in [0.15, 0.2) is 54.6 Å². The van der Waals surface area contributed by atoms with Gasteiger partial charge in [0.15, 0.2) is 10.9 Å². The first-order valence-corrected chi connectivity index (χ1v) is 9.44. The van der Waals surface area contributed by atoms with E-state index >= 15 is 0 Å². The highest BCUT2D eigenvalue weighted by Gasteiger charge is 2.24. The van der Waals surface area contributed by atoms with Crippen LogP contribution in [0.3, 0.4) is 0 Å². The van der Waals surface area contributed by atoms with Crippen molar-refractivity contribution >= 4 is 28.8 Å². The van der Waals surface area contributed by atoms with Crippen LogP contribution < -0.4 is 10.6 Å². The first-order valence-electron chi connectivity index (χ1n) is 9.03. The molecule has 0 atom stereocenters. The summed E-state index contributed by atoms with van der Waals surface area (Å²) in [5.74, 6) is 0.370. The molecule has 1 aliphatic heterocycles. The number of thiocarbonyl (C=S) groups is 1. The molecule has 26 heavy (non-hydrogen) atoms. The average Bonchev–Trinajstić information content (AvgIpc) is 2.67. The van der Waals surface area contributed by atoms with Gasteiger partial charge in [-0.25, -0.2) is 0 Å². The van der Waals surface area contributed by atoms with Crippen LogP contribution >= 0.6 is 12.2 Å². The van der Waals surface area contributed by atoms with Crippen LogP contribution in [0, 0.1) is 5.92 Å². The Morgan fingerprint density at radius 2 is 1.85 bits per heavy atom. The third-order valence-electron chi connectivity index (χ3n) is 4.79. The molecular weight excluding hydrogens is 342 g/mol. The Morgan fingerprint density at radius 1 is 1.12 bits per heavy atom. The lowest BCUT2D eigenvalue weighted by molar-refractivity contribution is 0.0857. The molecule has 2 aromatic carbocycles. The highest BCUT2D eigenvalue weighted by Crippen LogP contribution is 2.22. The lowest BCUT2D eigenvalue weighted by Crippen LogP contribution is -2.33. The van der Waals surface area contributed by atoms with Crippen LogP contribution in [0.4, 0.5) is 5.69 Å². The summed E-state index contributed by atoms with van der Waals surface area (Å²) < 4.78 is 0. The molecule has 1 heterocycles. The Morgan fingerprint density at radius 3 is 2.58 bits per heavy atom. The van der Waals surface area contributed by atoms with E-state index in [2.05, 4.69) is 34.7 Å². The molecule has 5 heteroatoms. The van der Waals surface area contributed by atoms with Crippen LogP contribution in [0.5, 0.6) is 0 Å².